The van der Waals surface area contributed by atoms with E-state index in [9.17, 15) is 0 Å². The van der Waals surface area contributed by atoms with E-state index >= 15 is 0 Å². The highest BCUT2D eigenvalue weighted by atomic mass is 16.5. The molecule has 0 aliphatic rings. The van der Waals surface area contributed by atoms with Gasteiger partial charge in [-0.15, -0.1) is 0 Å². The fourth-order valence-corrected chi connectivity index (χ4v) is 1.04. The monoisotopic (exact) mass is 164 g/mol. The molecule has 62 valence electrons. The van der Waals surface area contributed by atoms with Gasteiger partial charge in [0, 0.05) is 0 Å². The van der Waals surface area contributed by atoms with Gasteiger partial charge in [-0.2, -0.15) is 9.97 Å². The molecule has 2 aromatic rings. The molecule has 5 heteroatoms. The van der Waals surface area contributed by atoms with E-state index in [2.05, 4.69) is 19.9 Å². The minimum Gasteiger partial charge on any atom is -0.467 e. The number of aromatic amines is 1. The summed E-state index contributed by atoms with van der Waals surface area (Å²) in [5.74, 6) is 0. The molecule has 0 saturated heterocycles. The highest BCUT2D eigenvalue weighted by Gasteiger charge is 2.05. The molecular formula is C7H8N4O. The second-order valence-corrected chi connectivity index (χ2v) is 2.40. The first-order chi connectivity index (χ1) is 5.81. The molecule has 0 aliphatic heterocycles. The molecule has 0 radical (unpaired) electrons. The lowest BCUT2D eigenvalue weighted by Crippen LogP contribution is -1.94. The summed E-state index contributed by atoms with van der Waals surface area (Å²) in [5, 5.41) is 0. The smallest absolute Gasteiger partial charge is 0.318 e. The van der Waals surface area contributed by atoms with Crippen molar-refractivity contribution in [1.82, 2.24) is 19.9 Å². The van der Waals surface area contributed by atoms with Gasteiger partial charge in [-0.05, 0) is 6.92 Å². The standard InChI is InChI=1S/C7H8N4O/c1-4-5-6(9-3-8-5)11-7(10-4)12-2/h3H,1-2H3,(H,8,9,10,11). The van der Waals surface area contributed by atoms with Gasteiger partial charge in [0.2, 0.25) is 0 Å². The number of ether oxygens (including phenoxy) is 1. The lowest BCUT2D eigenvalue weighted by molar-refractivity contribution is 0.380. The number of hydrogen-bond acceptors (Lipinski definition) is 4. The predicted octanol–water partition coefficient (Wildman–Crippen LogP) is 0.670. The third-order valence-corrected chi connectivity index (χ3v) is 1.63. The van der Waals surface area contributed by atoms with Gasteiger partial charge in [0.05, 0.1) is 19.1 Å². The first kappa shape index (κ1) is 7.02. The lowest BCUT2D eigenvalue weighted by atomic mass is 10.4. The Morgan fingerprint density at radius 1 is 1.42 bits per heavy atom. The van der Waals surface area contributed by atoms with Crippen molar-refractivity contribution in [3.8, 4) is 6.01 Å². The Balaban J connectivity index is 2.75. The third kappa shape index (κ3) is 0.903. The van der Waals surface area contributed by atoms with Crippen LogP contribution in [0.5, 0.6) is 6.01 Å². The van der Waals surface area contributed by atoms with E-state index in [1.54, 1.807) is 6.33 Å². The fraction of sp³-hybridized carbons (Fsp3) is 0.286. The maximum atomic E-state index is 4.90. The van der Waals surface area contributed by atoms with E-state index in [1.165, 1.54) is 7.11 Å². The predicted molar refractivity (Wildman–Crippen MR) is 43.0 cm³/mol. The Morgan fingerprint density at radius 3 is 3.00 bits per heavy atom. The van der Waals surface area contributed by atoms with E-state index in [4.69, 9.17) is 4.74 Å². The molecule has 0 fully saturated rings. The van der Waals surface area contributed by atoms with Crippen molar-refractivity contribution < 1.29 is 4.74 Å². The third-order valence-electron chi connectivity index (χ3n) is 1.63. The minimum absolute atomic E-state index is 0.354. The number of imidazole rings is 1. The van der Waals surface area contributed by atoms with Gasteiger partial charge in [-0.3, -0.25) is 0 Å². The van der Waals surface area contributed by atoms with Crippen molar-refractivity contribution >= 4 is 11.2 Å². The van der Waals surface area contributed by atoms with Crippen LogP contribution < -0.4 is 4.74 Å². The summed E-state index contributed by atoms with van der Waals surface area (Å²) in [4.78, 5) is 15.1. The maximum absolute atomic E-state index is 4.90. The lowest BCUT2D eigenvalue weighted by Gasteiger charge is -1.98. The van der Waals surface area contributed by atoms with Crippen molar-refractivity contribution in [1.29, 1.82) is 0 Å². The minimum atomic E-state index is 0.354. The molecule has 0 atom stereocenters. The van der Waals surface area contributed by atoms with Gasteiger partial charge < -0.3 is 9.72 Å². The van der Waals surface area contributed by atoms with E-state index in [0.29, 0.717) is 11.7 Å². The Kier molecular flexibility index (Phi) is 1.43. The number of aryl methyl sites for hydroxylation is 1. The van der Waals surface area contributed by atoms with E-state index in [0.717, 1.165) is 11.2 Å². The number of fused-ring (bicyclic) bond motifs is 1. The van der Waals surface area contributed by atoms with Crippen LogP contribution in [0.2, 0.25) is 0 Å². The molecule has 0 bridgehead atoms. The van der Waals surface area contributed by atoms with Gasteiger partial charge in [0.25, 0.3) is 0 Å². The zero-order valence-electron chi connectivity index (χ0n) is 6.83. The van der Waals surface area contributed by atoms with Crippen LogP contribution in [0.3, 0.4) is 0 Å². The summed E-state index contributed by atoms with van der Waals surface area (Å²) in [6, 6.07) is 0.354. The molecule has 2 aromatic heterocycles. The summed E-state index contributed by atoms with van der Waals surface area (Å²) in [5.41, 5.74) is 2.34. The topological polar surface area (TPSA) is 63.7 Å². The second kappa shape index (κ2) is 2.44. The number of hydrogen-bond donors (Lipinski definition) is 1. The summed E-state index contributed by atoms with van der Waals surface area (Å²) >= 11 is 0. The van der Waals surface area contributed by atoms with Crippen LogP contribution in [0, 0.1) is 6.92 Å². The van der Waals surface area contributed by atoms with E-state index in [1.807, 2.05) is 6.92 Å². The average Bonchev–Trinajstić information content (AvgIpc) is 2.52. The summed E-state index contributed by atoms with van der Waals surface area (Å²) in [7, 11) is 1.53. The fourth-order valence-electron chi connectivity index (χ4n) is 1.04. The van der Waals surface area contributed by atoms with E-state index in [-0.39, 0.29) is 0 Å². The number of nitrogens with one attached hydrogen (secondary N) is 1. The van der Waals surface area contributed by atoms with Crippen LogP contribution in [0.25, 0.3) is 11.2 Å². The zero-order valence-corrected chi connectivity index (χ0v) is 6.83. The molecule has 0 aromatic carbocycles. The highest BCUT2D eigenvalue weighted by Crippen LogP contribution is 2.12. The maximum Gasteiger partial charge on any atom is 0.318 e. The Labute approximate surface area is 68.8 Å². The van der Waals surface area contributed by atoms with Crippen LogP contribution in [-0.2, 0) is 0 Å². The normalized spacial score (nSPS) is 10.5. The van der Waals surface area contributed by atoms with Crippen LogP contribution in [0.1, 0.15) is 5.69 Å². The molecule has 0 saturated carbocycles. The van der Waals surface area contributed by atoms with Gasteiger partial charge in [0.15, 0.2) is 5.65 Å². The molecule has 12 heavy (non-hydrogen) atoms. The van der Waals surface area contributed by atoms with Crippen molar-refractivity contribution in [2.24, 2.45) is 0 Å². The first-order valence-electron chi connectivity index (χ1n) is 3.53. The van der Waals surface area contributed by atoms with Gasteiger partial charge in [-0.25, -0.2) is 4.98 Å². The molecular weight excluding hydrogens is 156 g/mol. The molecule has 0 aliphatic carbocycles. The largest absolute Gasteiger partial charge is 0.467 e. The highest BCUT2D eigenvalue weighted by molar-refractivity contribution is 5.72. The van der Waals surface area contributed by atoms with Crippen LogP contribution >= 0.6 is 0 Å². The quantitative estimate of drug-likeness (QED) is 0.672. The van der Waals surface area contributed by atoms with Crippen molar-refractivity contribution in [3.05, 3.63) is 12.0 Å². The summed E-state index contributed by atoms with van der Waals surface area (Å²) in [6.45, 7) is 1.88. The van der Waals surface area contributed by atoms with Crippen LogP contribution in [0.4, 0.5) is 0 Å². The number of rotatable bonds is 1. The summed E-state index contributed by atoms with van der Waals surface area (Å²) in [6.07, 6.45) is 1.59. The number of nitrogens with zero attached hydrogens (tertiary/aromatic N) is 3. The van der Waals surface area contributed by atoms with Gasteiger partial charge in [-0.1, -0.05) is 0 Å². The first-order valence-corrected chi connectivity index (χ1v) is 3.53. The molecule has 0 amide bonds. The number of H-pyrrole nitrogens is 1. The second-order valence-electron chi connectivity index (χ2n) is 2.40. The Hall–Kier alpha value is -1.65. The zero-order chi connectivity index (χ0) is 8.55. The van der Waals surface area contributed by atoms with Crippen LogP contribution in [0.15, 0.2) is 6.33 Å². The molecule has 0 spiro atoms. The number of methoxy groups -OCH3 is 1. The summed E-state index contributed by atoms with van der Waals surface area (Å²) < 4.78 is 4.90. The Morgan fingerprint density at radius 2 is 2.25 bits per heavy atom. The van der Waals surface area contributed by atoms with E-state index < -0.39 is 0 Å². The molecule has 1 N–H and O–H groups in total. The van der Waals surface area contributed by atoms with Crippen LogP contribution in [-0.4, -0.2) is 27.0 Å². The van der Waals surface area contributed by atoms with Gasteiger partial charge in [0.1, 0.15) is 5.52 Å². The SMILES string of the molecule is COc1nc(C)c2[nH]cnc2n1. The molecule has 2 rings (SSSR count). The van der Waals surface area contributed by atoms with Crippen molar-refractivity contribution in [3.63, 3.8) is 0 Å². The van der Waals surface area contributed by atoms with Crippen molar-refractivity contribution in [2.45, 2.75) is 6.92 Å². The van der Waals surface area contributed by atoms with Gasteiger partial charge >= 0.3 is 6.01 Å². The van der Waals surface area contributed by atoms with Crippen molar-refractivity contribution in [2.75, 3.05) is 7.11 Å². The molecule has 2 heterocycles. The molecule has 0 unspecified atom stereocenters. The number of aromatic nitrogens is 4. The molecule has 5 nitrogen and oxygen atoms in total. The Bertz CT molecular complexity index is 409. The average molecular weight is 164 g/mol.